The minimum Gasteiger partial charge on any atom is -0.306 e. The molecule has 124 valence electrons. The molecule has 0 bridgehead atoms. The molecule has 1 aromatic carbocycles. The van der Waals surface area contributed by atoms with Crippen LogP contribution in [-0.2, 0) is 6.42 Å². The smallest absolute Gasteiger partial charge is 0.269 e. The van der Waals surface area contributed by atoms with Gasteiger partial charge in [-0.3, -0.25) is 10.1 Å². The maximum atomic E-state index is 10.6. The highest BCUT2D eigenvalue weighted by Crippen LogP contribution is 2.13. The molecule has 0 atom stereocenters. The summed E-state index contributed by atoms with van der Waals surface area (Å²) in [5, 5.41) is 10.6. The first kappa shape index (κ1) is 18.6. The Morgan fingerprint density at radius 3 is 2.14 bits per heavy atom. The lowest BCUT2D eigenvalue weighted by Crippen LogP contribution is -2.21. The first-order chi connectivity index (χ1) is 10.6. The van der Waals surface area contributed by atoms with E-state index in [2.05, 4.69) is 18.9 Å². The zero-order valence-corrected chi connectivity index (χ0v) is 14.1. The van der Waals surface area contributed by atoms with Gasteiger partial charge in [-0.1, -0.05) is 44.7 Å². The lowest BCUT2D eigenvalue weighted by molar-refractivity contribution is -0.384. The number of non-ortho nitro benzene ring substituents is 1. The van der Waals surface area contributed by atoms with E-state index in [0.29, 0.717) is 0 Å². The SMILES string of the molecule is CCCCCCCN(C)CCCCc1ccc([N+](=O)[O-])cc1. The summed E-state index contributed by atoms with van der Waals surface area (Å²) in [6.45, 7) is 4.58. The van der Waals surface area contributed by atoms with Crippen LogP contribution in [0.25, 0.3) is 0 Å². The van der Waals surface area contributed by atoms with E-state index >= 15 is 0 Å². The minimum absolute atomic E-state index is 0.173. The molecular formula is C18H30N2O2. The molecule has 0 spiro atoms. The standard InChI is InChI=1S/C18H30N2O2/c1-3-4-5-6-8-15-19(2)16-9-7-10-17-11-13-18(14-12-17)20(21)22/h11-14H,3-10,15-16H2,1-2H3. The number of hydrogen-bond acceptors (Lipinski definition) is 3. The van der Waals surface area contributed by atoms with E-state index in [1.807, 2.05) is 12.1 Å². The average Bonchev–Trinajstić information content (AvgIpc) is 2.52. The molecule has 0 saturated carbocycles. The van der Waals surface area contributed by atoms with Gasteiger partial charge in [0.2, 0.25) is 0 Å². The summed E-state index contributed by atoms with van der Waals surface area (Å²) >= 11 is 0. The summed E-state index contributed by atoms with van der Waals surface area (Å²) in [4.78, 5) is 12.7. The van der Waals surface area contributed by atoms with E-state index in [1.165, 1.54) is 50.6 Å². The van der Waals surface area contributed by atoms with E-state index in [0.717, 1.165) is 19.4 Å². The Balaban J connectivity index is 2.07. The van der Waals surface area contributed by atoms with Crippen molar-refractivity contribution in [2.75, 3.05) is 20.1 Å². The van der Waals surface area contributed by atoms with Gasteiger partial charge in [-0.25, -0.2) is 0 Å². The number of nitro benzene ring substituents is 1. The summed E-state index contributed by atoms with van der Waals surface area (Å²) in [7, 11) is 2.20. The second-order valence-corrected chi connectivity index (χ2v) is 6.10. The Kier molecular flexibility index (Phi) is 9.47. The first-order valence-corrected chi connectivity index (χ1v) is 8.55. The van der Waals surface area contributed by atoms with Crippen LogP contribution in [-0.4, -0.2) is 30.0 Å². The number of aryl methyl sites for hydroxylation is 1. The molecule has 0 unspecified atom stereocenters. The molecular weight excluding hydrogens is 276 g/mol. The third-order valence-electron chi connectivity index (χ3n) is 4.05. The van der Waals surface area contributed by atoms with Gasteiger partial charge in [-0.2, -0.15) is 0 Å². The van der Waals surface area contributed by atoms with Crippen molar-refractivity contribution in [3.8, 4) is 0 Å². The topological polar surface area (TPSA) is 46.4 Å². The molecule has 0 aliphatic rings. The first-order valence-electron chi connectivity index (χ1n) is 8.55. The second kappa shape index (κ2) is 11.2. The van der Waals surface area contributed by atoms with Gasteiger partial charge in [-0.15, -0.1) is 0 Å². The average molecular weight is 306 g/mol. The van der Waals surface area contributed by atoms with Gasteiger partial charge in [0.1, 0.15) is 0 Å². The van der Waals surface area contributed by atoms with E-state index in [4.69, 9.17) is 0 Å². The number of unbranched alkanes of at least 4 members (excludes halogenated alkanes) is 5. The van der Waals surface area contributed by atoms with E-state index in [-0.39, 0.29) is 10.6 Å². The highest BCUT2D eigenvalue weighted by molar-refractivity contribution is 5.32. The molecule has 0 aromatic heterocycles. The molecule has 0 aliphatic carbocycles. The Morgan fingerprint density at radius 1 is 0.955 bits per heavy atom. The monoisotopic (exact) mass is 306 g/mol. The van der Waals surface area contributed by atoms with Crippen LogP contribution in [0.2, 0.25) is 0 Å². The molecule has 0 amide bonds. The van der Waals surface area contributed by atoms with Gasteiger partial charge in [-0.05, 0) is 51.4 Å². The number of nitrogens with zero attached hydrogens (tertiary/aromatic N) is 2. The van der Waals surface area contributed by atoms with Crippen LogP contribution in [0.3, 0.4) is 0 Å². The number of benzene rings is 1. The fourth-order valence-electron chi connectivity index (χ4n) is 2.59. The number of rotatable bonds is 12. The number of hydrogen-bond donors (Lipinski definition) is 0. The van der Waals surface area contributed by atoms with Gasteiger partial charge in [0.25, 0.3) is 5.69 Å². The van der Waals surface area contributed by atoms with E-state index in [9.17, 15) is 10.1 Å². The molecule has 0 saturated heterocycles. The fourth-order valence-corrected chi connectivity index (χ4v) is 2.59. The van der Waals surface area contributed by atoms with Gasteiger partial charge >= 0.3 is 0 Å². The van der Waals surface area contributed by atoms with Crippen molar-refractivity contribution in [2.24, 2.45) is 0 Å². The summed E-state index contributed by atoms with van der Waals surface area (Å²) in [5.41, 5.74) is 1.36. The van der Waals surface area contributed by atoms with E-state index in [1.54, 1.807) is 12.1 Å². The largest absolute Gasteiger partial charge is 0.306 e. The molecule has 22 heavy (non-hydrogen) atoms. The molecule has 0 radical (unpaired) electrons. The van der Waals surface area contributed by atoms with Crippen molar-refractivity contribution >= 4 is 5.69 Å². The molecule has 4 nitrogen and oxygen atoms in total. The third kappa shape index (κ3) is 8.13. The van der Waals surface area contributed by atoms with E-state index < -0.39 is 0 Å². The minimum atomic E-state index is -0.348. The molecule has 1 aromatic rings. The lowest BCUT2D eigenvalue weighted by atomic mass is 10.1. The maximum Gasteiger partial charge on any atom is 0.269 e. The van der Waals surface area contributed by atoms with Crippen LogP contribution in [0.5, 0.6) is 0 Å². The van der Waals surface area contributed by atoms with Gasteiger partial charge in [0, 0.05) is 12.1 Å². The Morgan fingerprint density at radius 2 is 1.55 bits per heavy atom. The molecule has 1 rings (SSSR count). The highest BCUT2D eigenvalue weighted by atomic mass is 16.6. The number of nitro groups is 1. The second-order valence-electron chi connectivity index (χ2n) is 6.10. The van der Waals surface area contributed by atoms with Crippen molar-refractivity contribution in [3.63, 3.8) is 0 Å². The summed E-state index contributed by atoms with van der Waals surface area (Å²) in [5.74, 6) is 0. The predicted octanol–water partition coefficient (Wildman–Crippen LogP) is 4.82. The summed E-state index contributed by atoms with van der Waals surface area (Å²) in [6.07, 6.45) is 10.0. The third-order valence-corrected chi connectivity index (χ3v) is 4.05. The van der Waals surface area contributed by atoms with Crippen molar-refractivity contribution in [2.45, 2.75) is 58.3 Å². The molecule has 0 aliphatic heterocycles. The van der Waals surface area contributed by atoms with Crippen LogP contribution < -0.4 is 0 Å². The Hall–Kier alpha value is -1.42. The fraction of sp³-hybridized carbons (Fsp3) is 0.667. The quantitative estimate of drug-likeness (QED) is 0.316. The molecule has 0 heterocycles. The molecule has 4 heteroatoms. The zero-order valence-electron chi connectivity index (χ0n) is 14.1. The van der Waals surface area contributed by atoms with Crippen LogP contribution >= 0.6 is 0 Å². The van der Waals surface area contributed by atoms with Crippen molar-refractivity contribution in [1.82, 2.24) is 4.90 Å². The van der Waals surface area contributed by atoms with Crippen LogP contribution in [0.15, 0.2) is 24.3 Å². The lowest BCUT2D eigenvalue weighted by Gasteiger charge is -2.16. The summed E-state index contributed by atoms with van der Waals surface area (Å²) in [6, 6.07) is 6.93. The van der Waals surface area contributed by atoms with Crippen LogP contribution in [0.4, 0.5) is 5.69 Å². The zero-order chi connectivity index (χ0) is 16.2. The normalized spacial score (nSPS) is 11.0. The van der Waals surface area contributed by atoms with Crippen molar-refractivity contribution in [1.29, 1.82) is 0 Å². The van der Waals surface area contributed by atoms with Crippen LogP contribution in [0, 0.1) is 10.1 Å². The van der Waals surface area contributed by atoms with Crippen molar-refractivity contribution in [3.05, 3.63) is 39.9 Å². The summed E-state index contributed by atoms with van der Waals surface area (Å²) < 4.78 is 0. The Bertz CT molecular complexity index is 418. The van der Waals surface area contributed by atoms with Gasteiger partial charge < -0.3 is 4.90 Å². The molecule has 0 fully saturated rings. The van der Waals surface area contributed by atoms with Gasteiger partial charge in [0.15, 0.2) is 0 Å². The van der Waals surface area contributed by atoms with Crippen molar-refractivity contribution < 1.29 is 4.92 Å². The Labute approximate surface area is 134 Å². The maximum absolute atomic E-state index is 10.6. The molecule has 0 N–H and O–H groups in total. The predicted molar refractivity (Wildman–Crippen MR) is 92.3 cm³/mol. The van der Waals surface area contributed by atoms with Crippen LogP contribution in [0.1, 0.15) is 57.4 Å². The highest BCUT2D eigenvalue weighted by Gasteiger charge is 2.04. The van der Waals surface area contributed by atoms with Gasteiger partial charge in [0.05, 0.1) is 4.92 Å².